The summed E-state index contributed by atoms with van der Waals surface area (Å²) in [7, 11) is 0. The quantitative estimate of drug-likeness (QED) is 0.387. The molecule has 0 radical (unpaired) electrons. The molecular formula is C13H21NO4. The molecule has 102 valence electrons. The summed E-state index contributed by atoms with van der Waals surface area (Å²) in [6.07, 6.45) is 5.72. The second-order valence-electron chi connectivity index (χ2n) is 4.86. The minimum absolute atomic E-state index is 0.0974. The molecule has 0 aliphatic carbocycles. The third kappa shape index (κ3) is 7.82. The maximum absolute atomic E-state index is 11.5. The number of hydrogen-bond acceptors (Lipinski definition) is 4. The largest absolute Gasteiger partial charge is 0.369 e. The van der Waals surface area contributed by atoms with Crippen LogP contribution >= 0.6 is 0 Å². The molecule has 1 unspecified atom stereocenters. The standard InChI is InChI=1S/C13H21NO4/c1-5-6-17-7-8-18-10-12(16)14-11(9-15)13(2,3)4/h1,9,11H,6-8,10H2,2-4H3,(H,14,16). The lowest BCUT2D eigenvalue weighted by molar-refractivity contribution is -0.129. The summed E-state index contributed by atoms with van der Waals surface area (Å²) < 4.78 is 10.1. The Labute approximate surface area is 108 Å². The molecule has 0 spiro atoms. The van der Waals surface area contributed by atoms with Gasteiger partial charge in [0.25, 0.3) is 0 Å². The maximum atomic E-state index is 11.5. The fraction of sp³-hybridized carbons (Fsp3) is 0.692. The van der Waals surface area contributed by atoms with Crippen LogP contribution in [0, 0.1) is 17.8 Å². The van der Waals surface area contributed by atoms with Gasteiger partial charge in [0, 0.05) is 0 Å². The average Bonchev–Trinajstić information content (AvgIpc) is 2.29. The van der Waals surface area contributed by atoms with Gasteiger partial charge in [0.2, 0.25) is 5.91 Å². The number of nitrogens with one attached hydrogen (secondary N) is 1. The van der Waals surface area contributed by atoms with Crippen molar-refractivity contribution in [2.75, 3.05) is 26.4 Å². The number of rotatable bonds is 8. The first-order valence-electron chi connectivity index (χ1n) is 5.75. The van der Waals surface area contributed by atoms with Crippen LogP contribution in [0.2, 0.25) is 0 Å². The minimum atomic E-state index is -0.522. The molecule has 0 fully saturated rings. The van der Waals surface area contributed by atoms with Crippen molar-refractivity contribution in [1.29, 1.82) is 0 Å². The van der Waals surface area contributed by atoms with Crippen LogP contribution in [-0.4, -0.2) is 44.7 Å². The number of amides is 1. The Bertz CT molecular complexity index is 301. The molecule has 1 N–H and O–H groups in total. The number of hydrogen-bond donors (Lipinski definition) is 1. The molecule has 18 heavy (non-hydrogen) atoms. The number of terminal acetylenes is 1. The summed E-state index contributed by atoms with van der Waals surface area (Å²) in [5.74, 6) is 2.00. The number of carbonyl (C=O) groups excluding carboxylic acids is 2. The van der Waals surface area contributed by atoms with Gasteiger partial charge in [-0.1, -0.05) is 26.7 Å². The lowest BCUT2D eigenvalue weighted by atomic mass is 9.88. The molecule has 0 bridgehead atoms. The molecule has 0 rings (SSSR count). The van der Waals surface area contributed by atoms with Gasteiger partial charge >= 0.3 is 0 Å². The zero-order valence-corrected chi connectivity index (χ0v) is 11.2. The molecule has 0 heterocycles. The summed E-state index contributed by atoms with van der Waals surface area (Å²) in [5.41, 5.74) is -0.312. The number of aldehydes is 1. The van der Waals surface area contributed by atoms with E-state index in [-0.39, 0.29) is 31.1 Å². The van der Waals surface area contributed by atoms with Crippen molar-refractivity contribution >= 4 is 12.2 Å². The molecule has 0 aromatic rings. The van der Waals surface area contributed by atoms with Crippen LogP contribution in [0.15, 0.2) is 0 Å². The van der Waals surface area contributed by atoms with E-state index >= 15 is 0 Å². The first kappa shape index (κ1) is 16.6. The van der Waals surface area contributed by atoms with Crippen molar-refractivity contribution in [3.8, 4) is 12.3 Å². The van der Waals surface area contributed by atoms with E-state index < -0.39 is 6.04 Å². The van der Waals surface area contributed by atoms with Crippen LogP contribution in [0.3, 0.4) is 0 Å². The molecule has 0 aliphatic rings. The van der Waals surface area contributed by atoms with Crippen molar-refractivity contribution in [3.05, 3.63) is 0 Å². The van der Waals surface area contributed by atoms with Crippen molar-refractivity contribution < 1.29 is 19.1 Å². The van der Waals surface area contributed by atoms with Crippen LogP contribution in [0.4, 0.5) is 0 Å². The predicted octanol–water partition coefficient (Wildman–Crippen LogP) is 0.383. The molecule has 0 aliphatic heterocycles. The summed E-state index contributed by atoms with van der Waals surface area (Å²) >= 11 is 0. The van der Waals surface area contributed by atoms with E-state index in [0.29, 0.717) is 6.61 Å². The normalized spacial score (nSPS) is 12.6. The van der Waals surface area contributed by atoms with Crippen LogP contribution in [-0.2, 0) is 19.1 Å². The van der Waals surface area contributed by atoms with Gasteiger partial charge < -0.3 is 19.6 Å². The summed E-state index contributed by atoms with van der Waals surface area (Å²) in [6, 6.07) is -0.522. The molecule has 0 aromatic carbocycles. The van der Waals surface area contributed by atoms with Gasteiger partial charge in [-0.25, -0.2) is 0 Å². The van der Waals surface area contributed by atoms with Gasteiger partial charge in [-0.15, -0.1) is 6.42 Å². The van der Waals surface area contributed by atoms with Crippen molar-refractivity contribution in [1.82, 2.24) is 5.32 Å². The Kier molecular flexibility index (Phi) is 8.01. The first-order valence-corrected chi connectivity index (χ1v) is 5.75. The fourth-order valence-electron chi connectivity index (χ4n) is 1.08. The molecule has 0 saturated carbocycles. The topological polar surface area (TPSA) is 64.6 Å². The molecule has 1 amide bonds. The third-order valence-electron chi connectivity index (χ3n) is 2.18. The zero-order chi connectivity index (χ0) is 14.0. The molecule has 5 heteroatoms. The van der Waals surface area contributed by atoms with Crippen molar-refractivity contribution in [2.45, 2.75) is 26.8 Å². The third-order valence-corrected chi connectivity index (χ3v) is 2.18. The second-order valence-corrected chi connectivity index (χ2v) is 4.86. The zero-order valence-electron chi connectivity index (χ0n) is 11.2. The molecule has 1 atom stereocenters. The Hall–Kier alpha value is -1.38. The van der Waals surface area contributed by atoms with Gasteiger partial charge in [-0.2, -0.15) is 0 Å². The van der Waals surface area contributed by atoms with Crippen LogP contribution in [0.25, 0.3) is 0 Å². The average molecular weight is 255 g/mol. The van der Waals surface area contributed by atoms with E-state index in [0.717, 1.165) is 6.29 Å². The first-order chi connectivity index (χ1) is 8.41. The van der Waals surface area contributed by atoms with Gasteiger partial charge in [0.15, 0.2) is 0 Å². The van der Waals surface area contributed by atoms with Crippen molar-refractivity contribution in [2.24, 2.45) is 5.41 Å². The smallest absolute Gasteiger partial charge is 0.246 e. The van der Waals surface area contributed by atoms with Crippen LogP contribution in [0.1, 0.15) is 20.8 Å². The van der Waals surface area contributed by atoms with Gasteiger partial charge in [-0.3, -0.25) is 4.79 Å². The lowest BCUT2D eigenvalue weighted by Crippen LogP contribution is -2.46. The van der Waals surface area contributed by atoms with Crippen LogP contribution < -0.4 is 5.32 Å². The lowest BCUT2D eigenvalue weighted by Gasteiger charge is -2.26. The van der Waals surface area contributed by atoms with E-state index in [2.05, 4.69) is 11.2 Å². The Morgan fingerprint density at radius 1 is 1.39 bits per heavy atom. The second kappa shape index (κ2) is 8.67. The van der Waals surface area contributed by atoms with E-state index in [1.807, 2.05) is 20.8 Å². The van der Waals surface area contributed by atoms with E-state index in [1.54, 1.807) is 0 Å². The SMILES string of the molecule is C#CCOCCOCC(=O)NC(C=O)C(C)(C)C. The van der Waals surface area contributed by atoms with Crippen LogP contribution in [0.5, 0.6) is 0 Å². The minimum Gasteiger partial charge on any atom is -0.369 e. The molecule has 0 aromatic heterocycles. The Morgan fingerprint density at radius 2 is 2.00 bits per heavy atom. The van der Waals surface area contributed by atoms with E-state index in [1.165, 1.54) is 0 Å². The number of ether oxygens (including phenoxy) is 2. The van der Waals surface area contributed by atoms with Gasteiger partial charge in [-0.05, 0) is 5.41 Å². The highest BCUT2D eigenvalue weighted by atomic mass is 16.5. The van der Waals surface area contributed by atoms with E-state index in [9.17, 15) is 9.59 Å². The van der Waals surface area contributed by atoms with Gasteiger partial charge in [0.05, 0.1) is 19.3 Å². The Balaban J connectivity index is 3.77. The highest BCUT2D eigenvalue weighted by molar-refractivity contribution is 5.80. The van der Waals surface area contributed by atoms with Crippen molar-refractivity contribution in [3.63, 3.8) is 0 Å². The van der Waals surface area contributed by atoms with E-state index in [4.69, 9.17) is 15.9 Å². The van der Waals surface area contributed by atoms with Gasteiger partial charge in [0.1, 0.15) is 19.5 Å². The highest BCUT2D eigenvalue weighted by Gasteiger charge is 2.25. The monoisotopic (exact) mass is 255 g/mol. The maximum Gasteiger partial charge on any atom is 0.246 e. The molecule has 5 nitrogen and oxygen atoms in total. The number of carbonyl (C=O) groups is 2. The predicted molar refractivity (Wildman–Crippen MR) is 67.9 cm³/mol. The molecular weight excluding hydrogens is 234 g/mol. The summed E-state index contributed by atoms with van der Waals surface area (Å²) in [4.78, 5) is 22.3. The fourth-order valence-corrected chi connectivity index (χ4v) is 1.08. The molecule has 0 saturated heterocycles. The Morgan fingerprint density at radius 3 is 2.50 bits per heavy atom. The summed E-state index contributed by atoms with van der Waals surface area (Å²) in [6.45, 7) is 6.39. The summed E-state index contributed by atoms with van der Waals surface area (Å²) in [5, 5.41) is 2.60. The highest BCUT2D eigenvalue weighted by Crippen LogP contribution is 2.17.